The minimum atomic E-state index is -0.765. The Kier molecular flexibility index (Phi) is 4.70. The molecule has 1 atom stereocenters. The second-order valence-corrected chi connectivity index (χ2v) is 6.19. The van der Waals surface area contributed by atoms with E-state index in [9.17, 15) is 9.18 Å². The molecule has 0 saturated heterocycles. The van der Waals surface area contributed by atoms with Gasteiger partial charge in [-0.3, -0.25) is 4.79 Å². The standard InChI is InChI=1S/C21H17FN2O3/c22-16-8-4-9-17(12-16)24(14-18-10-5-11-26-18)21(25)20-13-19(23-27-20)15-6-2-1-3-7-15/h1-12,20H,13-14H2/t20-/m0/s1. The van der Waals surface area contributed by atoms with Gasteiger partial charge >= 0.3 is 0 Å². The molecule has 1 aliphatic rings. The van der Waals surface area contributed by atoms with Crippen LogP contribution in [0.2, 0.25) is 0 Å². The Morgan fingerprint density at radius 2 is 1.96 bits per heavy atom. The molecule has 0 fully saturated rings. The monoisotopic (exact) mass is 364 g/mol. The maximum Gasteiger partial charge on any atom is 0.271 e. The van der Waals surface area contributed by atoms with E-state index in [0.717, 1.165) is 5.56 Å². The highest BCUT2D eigenvalue weighted by atomic mass is 19.1. The lowest BCUT2D eigenvalue weighted by molar-refractivity contribution is -0.128. The van der Waals surface area contributed by atoms with E-state index in [4.69, 9.17) is 9.25 Å². The van der Waals surface area contributed by atoms with Crippen LogP contribution in [0.5, 0.6) is 0 Å². The quantitative estimate of drug-likeness (QED) is 0.684. The number of hydrogen-bond acceptors (Lipinski definition) is 4. The molecule has 27 heavy (non-hydrogen) atoms. The van der Waals surface area contributed by atoms with Gasteiger partial charge < -0.3 is 14.2 Å². The summed E-state index contributed by atoms with van der Waals surface area (Å²) in [6, 6.07) is 19.0. The fourth-order valence-corrected chi connectivity index (χ4v) is 2.98. The topological polar surface area (TPSA) is 55.0 Å². The molecule has 1 amide bonds. The van der Waals surface area contributed by atoms with Crippen molar-refractivity contribution >= 4 is 17.3 Å². The second kappa shape index (κ2) is 7.45. The third-order valence-corrected chi connectivity index (χ3v) is 4.33. The molecule has 0 bridgehead atoms. The first-order valence-electron chi connectivity index (χ1n) is 8.58. The van der Waals surface area contributed by atoms with E-state index >= 15 is 0 Å². The van der Waals surface area contributed by atoms with Crippen molar-refractivity contribution in [2.24, 2.45) is 5.16 Å². The van der Waals surface area contributed by atoms with Crippen LogP contribution >= 0.6 is 0 Å². The second-order valence-electron chi connectivity index (χ2n) is 6.19. The fourth-order valence-electron chi connectivity index (χ4n) is 2.98. The van der Waals surface area contributed by atoms with Crippen LogP contribution in [-0.4, -0.2) is 17.7 Å². The number of nitrogens with zero attached hydrogens (tertiary/aromatic N) is 2. The molecule has 0 N–H and O–H groups in total. The molecular formula is C21H17FN2O3. The van der Waals surface area contributed by atoms with Gasteiger partial charge in [-0.25, -0.2) is 4.39 Å². The van der Waals surface area contributed by atoms with Gasteiger partial charge in [0.2, 0.25) is 6.10 Å². The first-order valence-corrected chi connectivity index (χ1v) is 8.58. The predicted molar refractivity (Wildman–Crippen MR) is 98.8 cm³/mol. The SMILES string of the molecule is O=C([C@@H]1CC(c2ccccc2)=NO1)N(Cc1ccco1)c1cccc(F)c1. The molecular weight excluding hydrogens is 347 g/mol. The highest BCUT2D eigenvalue weighted by molar-refractivity contribution is 6.06. The molecule has 2 heterocycles. The van der Waals surface area contributed by atoms with Crippen LogP contribution in [0, 0.1) is 5.82 Å². The van der Waals surface area contributed by atoms with Crippen molar-refractivity contribution in [1.82, 2.24) is 0 Å². The molecule has 2 aromatic carbocycles. The average Bonchev–Trinajstić information content (AvgIpc) is 3.38. The Bertz CT molecular complexity index is 955. The van der Waals surface area contributed by atoms with Crippen LogP contribution in [-0.2, 0) is 16.2 Å². The van der Waals surface area contributed by atoms with Crippen molar-refractivity contribution < 1.29 is 18.4 Å². The summed E-state index contributed by atoms with van der Waals surface area (Å²) in [7, 11) is 0. The van der Waals surface area contributed by atoms with E-state index in [1.807, 2.05) is 30.3 Å². The van der Waals surface area contributed by atoms with Gasteiger partial charge in [0.05, 0.1) is 18.5 Å². The van der Waals surface area contributed by atoms with Crippen LogP contribution in [0.1, 0.15) is 17.7 Å². The van der Waals surface area contributed by atoms with Gasteiger partial charge in [0.25, 0.3) is 5.91 Å². The van der Waals surface area contributed by atoms with Gasteiger partial charge in [-0.05, 0) is 35.9 Å². The molecule has 0 unspecified atom stereocenters. The van der Waals surface area contributed by atoms with Crippen molar-refractivity contribution in [3.05, 3.63) is 90.1 Å². The van der Waals surface area contributed by atoms with Crippen LogP contribution < -0.4 is 4.90 Å². The number of halogens is 1. The summed E-state index contributed by atoms with van der Waals surface area (Å²) in [5, 5.41) is 4.07. The highest BCUT2D eigenvalue weighted by Gasteiger charge is 2.33. The largest absolute Gasteiger partial charge is 0.467 e. The van der Waals surface area contributed by atoms with Crippen molar-refractivity contribution in [3.8, 4) is 0 Å². The first kappa shape index (κ1) is 17.0. The summed E-state index contributed by atoms with van der Waals surface area (Å²) in [5.74, 6) is -0.125. The van der Waals surface area contributed by atoms with E-state index < -0.39 is 11.9 Å². The van der Waals surface area contributed by atoms with Gasteiger partial charge in [0.1, 0.15) is 11.6 Å². The average molecular weight is 364 g/mol. The number of hydrogen-bond donors (Lipinski definition) is 0. The Hall–Kier alpha value is -3.41. The molecule has 1 aromatic heterocycles. The summed E-state index contributed by atoms with van der Waals surface area (Å²) in [6.45, 7) is 0.176. The van der Waals surface area contributed by atoms with Gasteiger partial charge in [-0.1, -0.05) is 41.6 Å². The van der Waals surface area contributed by atoms with Gasteiger partial charge in [-0.15, -0.1) is 0 Å². The number of amides is 1. The molecule has 0 spiro atoms. The van der Waals surface area contributed by atoms with E-state index in [1.54, 1.807) is 24.3 Å². The summed E-state index contributed by atoms with van der Waals surface area (Å²) in [4.78, 5) is 20.0. The van der Waals surface area contributed by atoms with Crippen LogP contribution in [0.3, 0.4) is 0 Å². The highest BCUT2D eigenvalue weighted by Crippen LogP contribution is 2.24. The molecule has 6 heteroatoms. The molecule has 3 aromatic rings. The normalized spacial score (nSPS) is 15.9. The van der Waals surface area contributed by atoms with Gasteiger partial charge in [-0.2, -0.15) is 0 Å². The lowest BCUT2D eigenvalue weighted by Gasteiger charge is -2.24. The van der Waals surface area contributed by atoms with E-state index in [-0.39, 0.29) is 12.5 Å². The number of benzene rings is 2. The predicted octanol–water partition coefficient (Wildman–Crippen LogP) is 4.15. The number of furan rings is 1. The first-order chi connectivity index (χ1) is 13.2. The maximum atomic E-state index is 13.7. The lowest BCUT2D eigenvalue weighted by Crippen LogP contribution is -2.39. The van der Waals surface area contributed by atoms with Crippen LogP contribution in [0.4, 0.5) is 10.1 Å². The molecule has 5 nitrogen and oxygen atoms in total. The maximum absolute atomic E-state index is 13.7. The van der Waals surface area contributed by atoms with Crippen LogP contribution in [0.15, 0.2) is 82.6 Å². The molecule has 136 valence electrons. The summed E-state index contributed by atoms with van der Waals surface area (Å²) in [5.41, 5.74) is 2.07. The Labute approximate surface area is 155 Å². The number of rotatable bonds is 5. The fraction of sp³-hybridized carbons (Fsp3) is 0.143. The van der Waals surface area contributed by atoms with Gasteiger partial charge in [0.15, 0.2) is 0 Å². The van der Waals surface area contributed by atoms with Crippen molar-refractivity contribution in [3.63, 3.8) is 0 Å². The molecule has 0 aliphatic carbocycles. The van der Waals surface area contributed by atoms with Crippen molar-refractivity contribution in [1.29, 1.82) is 0 Å². The molecule has 0 radical (unpaired) electrons. The van der Waals surface area contributed by atoms with E-state index in [2.05, 4.69) is 5.16 Å². The zero-order valence-electron chi connectivity index (χ0n) is 14.4. The summed E-state index contributed by atoms with van der Waals surface area (Å²) < 4.78 is 19.1. The third kappa shape index (κ3) is 3.74. The number of oxime groups is 1. The summed E-state index contributed by atoms with van der Waals surface area (Å²) >= 11 is 0. The lowest BCUT2D eigenvalue weighted by atomic mass is 10.0. The zero-order valence-corrected chi connectivity index (χ0v) is 14.4. The van der Waals surface area contributed by atoms with Crippen LogP contribution in [0.25, 0.3) is 0 Å². The Morgan fingerprint density at radius 3 is 2.70 bits per heavy atom. The zero-order chi connectivity index (χ0) is 18.6. The van der Waals surface area contributed by atoms with Crippen molar-refractivity contribution in [2.75, 3.05) is 4.90 Å². The Morgan fingerprint density at radius 1 is 1.11 bits per heavy atom. The number of anilines is 1. The number of carbonyl (C=O) groups excluding carboxylic acids is 1. The number of carbonyl (C=O) groups is 1. The summed E-state index contributed by atoms with van der Waals surface area (Å²) in [6.07, 6.45) is 1.12. The molecule has 0 saturated carbocycles. The van der Waals surface area contributed by atoms with Crippen molar-refractivity contribution in [2.45, 2.75) is 19.1 Å². The smallest absolute Gasteiger partial charge is 0.271 e. The molecule has 4 rings (SSSR count). The van der Waals surface area contributed by atoms with Gasteiger partial charge in [0, 0.05) is 12.1 Å². The third-order valence-electron chi connectivity index (χ3n) is 4.33. The van der Waals surface area contributed by atoms with E-state index in [0.29, 0.717) is 23.6 Å². The molecule has 1 aliphatic heterocycles. The van der Waals surface area contributed by atoms with E-state index in [1.165, 1.54) is 23.3 Å². The Balaban J connectivity index is 1.56. The minimum Gasteiger partial charge on any atom is -0.467 e. The minimum absolute atomic E-state index is 0.176.